The molecule has 13 heteroatoms. The Kier molecular flexibility index (Phi) is 8.24. The van der Waals surface area contributed by atoms with Crippen molar-refractivity contribution in [1.82, 2.24) is 14.9 Å². The largest absolute Gasteiger partial charge is 0.724 e. The Morgan fingerprint density at radius 2 is 1.83 bits per heavy atom. The highest BCUT2D eigenvalue weighted by Crippen LogP contribution is 2.38. The summed E-state index contributed by atoms with van der Waals surface area (Å²) in [5, 5.41) is 0.392. The van der Waals surface area contributed by atoms with Crippen LogP contribution in [0.2, 0.25) is 18.1 Å². The molecule has 1 saturated heterocycles. The predicted molar refractivity (Wildman–Crippen MR) is 112 cm³/mol. The van der Waals surface area contributed by atoms with E-state index in [1.54, 1.807) is 0 Å². The van der Waals surface area contributed by atoms with Crippen LogP contribution in [0.1, 0.15) is 20.8 Å². The average molecular weight is 466 g/mol. The van der Waals surface area contributed by atoms with Gasteiger partial charge in [-0.2, -0.15) is 9.35 Å². The Labute approximate surface area is 179 Å². The molecule has 0 radical (unpaired) electrons. The molecule has 11 nitrogen and oxygen atoms in total. The normalized spacial score (nSPS) is 22.1. The van der Waals surface area contributed by atoms with Crippen LogP contribution in [0, 0.1) is 0 Å². The van der Waals surface area contributed by atoms with Gasteiger partial charge >= 0.3 is 6.03 Å². The Morgan fingerprint density at radius 3 is 2.23 bits per heavy atom. The SMILES string of the molecule is CC(C)(C)[Si](C)(C)OCC1=C[C@@H]2CN(C(=O)N2OS(=O)(=O)[O-])[C@@H]1C(N)=O.CN(C)C. The molecule has 2 N–H and O–H groups in total. The molecule has 2 rings (SSSR count). The fourth-order valence-corrected chi connectivity index (χ4v) is 3.96. The number of fused-ring (bicyclic) bond motifs is 2. The van der Waals surface area contributed by atoms with Crippen molar-refractivity contribution in [1.29, 1.82) is 0 Å². The number of primary amides is 1. The van der Waals surface area contributed by atoms with Crippen LogP contribution in [0.4, 0.5) is 4.79 Å². The Hall–Kier alpha value is -1.51. The highest BCUT2D eigenvalue weighted by molar-refractivity contribution is 7.80. The number of rotatable bonds is 6. The number of carbonyl (C=O) groups is 2. The molecule has 2 aliphatic heterocycles. The molecule has 0 aliphatic carbocycles. The molecule has 2 bridgehead atoms. The summed E-state index contributed by atoms with van der Waals surface area (Å²) in [6.07, 6.45) is 1.51. The van der Waals surface area contributed by atoms with E-state index in [9.17, 15) is 22.6 Å². The summed E-state index contributed by atoms with van der Waals surface area (Å²) in [5.41, 5.74) is 5.89. The van der Waals surface area contributed by atoms with Gasteiger partial charge in [0.1, 0.15) is 6.04 Å². The molecule has 2 heterocycles. The average Bonchev–Trinajstić information content (AvgIpc) is 2.74. The number of hydroxylamine groups is 2. The second-order valence-corrected chi connectivity index (χ2v) is 15.0. The van der Waals surface area contributed by atoms with Gasteiger partial charge in [0.2, 0.25) is 16.3 Å². The van der Waals surface area contributed by atoms with E-state index in [0.717, 1.165) is 4.90 Å². The third-order valence-corrected chi connectivity index (χ3v) is 9.86. The van der Waals surface area contributed by atoms with Crippen LogP contribution >= 0.6 is 0 Å². The van der Waals surface area contributed by atoms with E-state index in [-0.39, 0.29) is 18.2 Å². The first-order valence-corrected chi connectivity index (χ1v) is 13.6. The Balaban J connectivity index is 0.00000103. The lowest BCUT2D eigenvalue weighted by atomic mass is 9.99. The molecular formula is C17H33N4O7SSi-. The first-order chi connectivity index (χ1) is 13.4. The monoisotopic (exact) mass is 465 g/mol. The minimum absolute atomic E-state index is 0.00838. The molecule has 174 valence electrons. The number of nitrogens with two attached hydrogens (primary N) is 1. The molecule has 0 spiro atoms. The van der Waals surface area contributed by atoms with Crippen LogP contribution in [0.15, 0.2) is 11.6 Å². The van der Waals surface area contributed by atoms with Crippen molar-refractivity contribution >= 4 is 30.7 Å². The summed E-state index contributed by atoms with van der Waals surface area (Å²) in [4.78, 5) is 27.3. The number of urea groups is 1. The molecule has 2 atom stereocenters. The van der Waals surface area contributed by atoms with Crippen LogP contribution in [-0.4, -0.2) is 94.5 Å². The summed E-state index contributed by atoms with van der Waals surface area (Å²) >= 11 is 0. The Morgan fingerprint density at radius 1 is 1.33 bits per heavy atom. The number of nitrogens with zero attached hydrogens (tertiary/aromatic N) is 3. The van der Waals surface area contributed by atoms with E-state index in [4.69, 9.17) is 10.2 Å². The zero-order valence-corrected chi connectivity index (χ0v) is 20.6. The van der Waals surface area contributed by atoms with Gasteiger partial charge in [0.15, 0.2) is 8.32 Å². The fraction of sp³-hybridized carbons (Fsp3) is 0.765. The molecule has 30 heavy (non-hydrogen) atoms. The van der Waals surface area contributed by atoms with Gasteiger partial charge < -0.3 is 24.5 Å². The van der Waals surface area contributed by atoms with Gasteiger partial charge in [0.05, 0.1) is 19.2 Å². The lowest BCUT2D eigenvalue weighted by Crippen LogP contribution is -2.50. The van der Waals surface area contributed by atoms with Gasteiger partial charge in [-0.05, 0) is 44.8 Å². The number of hydrogen-bond donors (Lipinski definition) is 1. The summed E-state index contributed by atoms with van der Waals surface area (Å²) in [5.74, 6) is -0.770. The highest BCUT2D eigenvalue weighted by atomic mass is 32.3. The second kappa shape index (κ2) is 9.32. The van der Waals surface area contributed by atoms with E-state index in [2.05, 4.69) is 25.1 Å². The zero-order valence-electron chi connectivity index (χ0n) is 18.8. The topological polar surface area (TPSA) is 146 Å². The van der Waals surface area contributed by atoms with Crippen molar-refractivity contribution in [3.05, 3.63) is 11.6 Å². The van der Waals surface area contributed by atoms with Crippen LogP contribution in [-0.2, 0) is 23.9 Å². The van der Waals surface area contributed by atoms with Gasteiger partial charge in [0.25, 0.3) is 0 Å². The maximum atomic E-state index is 12.3. The molecular weight excluding hydrogens is 432 g/mol. The molecule has 0 unspecified atom stereocenters. The summed E-state index contributed by atoms with van der Waals surface area (Å²) in [6.45, 7) is 10.3. The number of carbonyl (C=O) groups excluding carboxylic acids is 2. The molecule has 0 saturated carbocycles. The van der Waals surface area contributed by atoms with E-state index < -0.39 is 42.7 Å². The van der Waals surface area contributed by atoms with E-state index in [1.807, 2.05) is 39.1 Å². The van der Waals surface area contributed by atoms with Gasteiger partial charge in [-0.1, -0.05) is 26.8 Å². The predicted octanol–water partition coefficient (Wildman–Crippen LogP) is 0.478. The van der Waals surface area contributed by atoms with Crippen molar-refractivity contribution in [2.45, 2.75) is 51.0 Å². The van der Waals surface area contributed by atoms with E-state index >= 15 is 0 Å². The summed E-state index contributed by atoms with van der Waals surface area (Å²) in [6, 6.07) is -2.80. The molecule has 3 amide bonds. The van der Waals surface area contributed by atoms with E-state index in [0.29, 0.717) is 10.6 Å². The summed E-state index contributed by atoms with van der Waals surface area (Å²) < 4.78 is 42.9. The minimum Gasteiger partial charge on any atom is -0.724 e. The maximum absolute atomic E-state index is 12.3. The first-order valence-electron chi connectivity index (χ1n) is 9.37. The summed E-state index contributed by atoms with van der Waals surface area (Å²) in [7, 11) is -1.27. The van der Waals surface area contributed by atoms with Crippen molar-refractivity contribution < 1.29 is 31.3 Å². The Bertz CT molecular complexity index is 790. The van der Waals surface area contributed by atoms with Crippen LogP contribution < -0.4 is 5.73 Å². The lowest BCUT2D eigenvalue weighted by Gasteiger charge is -2.38. The zero-order chi connectivity index (χ0) is 23.7. The van der Waals surface area contributed by atoms with Crippen LogP contribution in [0.3, 0.4) is 0 Å². The number of hydrogen-bond acceptors (Lipinski definition) is 8. The maximum Gasteiger partial charge on any atom is 0.346 e. The third kappa shape index (κ3) is 6.75. The van der Waals surface area contributed by atoms with Gasteiger partial charge in [0, 0.05) is 0 Å². The smallest absolute Gasteiger partial charge is 0.346 e. The van der Waals surface area contributed by atoms with Gasteiger partial charge in [-0.25, -0.2) is 13.2 Å². The standard InChI is InChI=1S/C14H25N3O7SSi.C3H9N/c1-14(2,3)26(4,5)23-8-9-6-10-7-16(11(9)12(15)18)13(19)17(10)24-25(20,21)22;1-4(2)3/h6,10-11H,7-8H2,1-5H3,(H2,15,18)(H,20,21,22);1-3H3/p-1/t10-,11+;/m1./s1. The molecule has 2 aliphatic rings. The third-order valence-electron chi connectivity index (χ3n) is 5.04. The molecule has 0 aromatic rings. The molecule has 0 aromatic heterocycles. The fourth-order valence-electron chi connectivity index (χ4n) is 2.63. The highest BCUT2D eigenvalue weighted by Gasteiger charge is 2.49. The van der Waals surface area contributed by atoms with Crippen LogP contribution in [0.25, 0.3) is 0 Å². The second-order valence-electron chi connectivity index (χ2n) is 9.25. The van der Waals surface area contributed by atoms with Crippen molar-refractivity contribution in [2.24, 2.45) is 5.73 Å². The minimum atomic E-state index is -5.13. The lowest BCUT2D eigenvalue weighted by molar-refractivity contribution is -0.121. The van der Waals surface area contributed by atoms with Gasteiger partial charge in [-0.15, -0.1) is 0 Å². The van der Waals surface area contributed by atoms with Crippen LogP contribution in [0.5, 0.6) is 0 Å². The number of amides is 3. The molecule has 1 fully saturated rings. The molecule has 0 aromatic carbocycles. The quantitative estimate of drug-likeness (QED) is 0.258. The first kappa shape index (κ1) is 26.5. The van der Waals surface area contributed by atoms with Crippen molar-refractivity contribution in [3.8, 4) is 0 Å². The van der Waals surface area contributed by atoms with E-state index in [1.165, 1.54) is 6.08 Å². The van der Waals surface area contributed by atoms with Gasteiger partial charge in [-0.3, -0.25) is 4.79 Å². The van der Waals surface area contributed by atoms with Crippen molar-refractivity contribution in [2.75, 3.05) is 34.3 Å². The van der Waals surface area contributed by atoms with Crippen molar-refractivity contribution in [3.63, 3.8) is 0 Å².